The zero-order chi connectivity index (χ0) is 18.7. The lowest BCUT2D eigenvalue weighted by Crippen LogP contribution is -2.38. The molecule has 6 nitrogen and oxygen atoms in total. The van der Waals surface area contributed by atoms with E-state index in [9.17, 15) is 9.59 Å². The van der Waals surface area contributed by atoms with E-state index in [4.69, 9.17) is 26.2 Å². The fourth-order valence-corrected chi connectivity index (χ4v) is 3.08. The van der Waals surface area contributed by atoms with Crippen molar-refractivity contribution in [3.63, 3.8) is 0 Å². The lowest BCUT2D eigenvalue weighted by molar-refractivity contribution is -0.127. The number of carbonyl (C=O) groups is 2. The number of carbonyl (C=O) groups excluding carboxylic acids is 1. The number of amides is 1. The predicted octanol–water partition coefficient (Wildman–Crippen LogP) is 2.71. The molecule has 0 fully saturated rings. The first-order valence-corrected chi connectivity index (χ1v) is 8.48. The summed E-state index contributed by atoms with van der Waals surface area (Å²) in [6.07, 6.45) is 0.429. The summed E-state index contributed by atoms with van der Waals surface area (Å²) in [4.78, 5) is 23.3. The van der Waals surface area contributed by atoms with Gasteiger partial charge < -0.3 is 19.9 Å². The van der Waals surface area contributed by atoms with Crippen LogP contribution in [0.1, 0.15) is 21.5 Å². The molecular formula is C19H18ClNO5. The summed E-state index contributed by atoms with van der Waals surface area (Å²) in [5.74, 6) is -0.0431. The van der Waals surface area contributed by atoms with Crippen molar-refractivity contribution in [2.24, 2.45) is 0 Å². The number of carboxylic acids is 1. The number of hydrogen-bond acceptors (Lipinski definition) is 4. The summed E-state index contributed by atoms with van der Waals surface area (Å²) in [6.45, 7) is 0.387. The fraction of sp³-hybridized carbons (Fsp3) is 0.263. The van der Waals surface area contributed by atoms with Crippen LogP contribution >= 0.6 is 11.6 Å². The predicted molar refractivity (Wildman–Crippen MR) is 96.2 cm³/mol. The lowest BCUT2D eigenvalue weighted by atomic mass is 10.1. The summed E-state index contributed by atoms with van der Waals surface area (Å²) >= 11 is 5.96. The molecule has 0 bridgehead atoms. The van der Waals surface area contributed by atoms with Crippen molar-refractivity contribution >= 4 is 23.5 Å². The van der Waals surface area contributed by atoms with E-state index in [1.807, 2.05) is 0 Å². The van der Waals surface area contributed by atoms with Gasteiger partial charge in [0.15, 0.2) is 6.10 Å². The number of fused-ring (bicyclic) bond motifs is 1. The first kappa shape index (κ1) is 18.1. The number of methoxy groups -OCH3 is 1. The molecule has 1 heterocycles. The Morgan fingerprint density at radius 1 is 1.31 bits per heavy atom. The van der Waals surface area contributed by atoms with Crippen LogP contribution in [-0.4, -0.2) is 36.7 Å². The highest BCUT2D eigenvalue weighted by molar-refractivity contribution is 6.30. The van der Waals surface area contributed by atoms with Gasteiger partial charge in [0, 0.05) is 18.0 Å². The van der Waals surface area contributed by atoms with Gasteiger partial charge in [-0.2, -0.15) is 0 Å². The molecule has 1 amide bonds. The molecule has 0 aromatic heterocycles. The highest BCUT2D eigenvalue weighted by Gasteiger charge is 2.28. The van der Waals surface area contributed by atoms with Gasteiger partial charge in [-0.05, 0) is 47.9 Å². The monoisotopic (exact) mass is 375 g/mol. The van der Waals surface area contributed by atoms with Crippen LogP contribution in [0.25, 0.3) is 0 Å². The van der Waals surface area contributed by atoms with Gasteiger partial charge in [-0.3, -0.25) is 4.79 Å². The van der Waals surface area contributed by atoms with Crippen LogP contribution < -0.4 is 14.8 Å². The molecule has 1 aliphatic heterocycles. The van der Waals surface area contributed by atoms with Crippen molar-refractivity contribution in [3.8, 4) is 11.5 Å². The van der Waals surface area contributed by atoms with Gasteiger partial charge in [-0.25, -0.2) is 4.79 Å². The second-order valence-electron chi connectivity index (χ2n) is 5.94. The van der Waals surface area contributed by atoms with Gasteiger partial charge in [0.25, 0.3) is 5.91 Å². The molecule has 1 unspecified atom stereocenters. The summed E-state index contributed by atoms with van der Waals surface area (Å²) in [5, 5.41) is 12.5. The fourth-order valence-electron chi connectivity index (χ4n) is 2.88. The molecule has 2 N–H and O–H groups in total. The summed E-state index contributed by atoms with van der Waals surface area (Å²) in [5.41, 5.74) is 1.90. The summed E-state index contributed by atoms with van der Waals surface area (Å²) in [7, 11) is 1.48. The van der Waals surface area contributed by atoms with Gasteiger partial charge >= 0.3 is 5.97 Å². The number of rotatable bonds is 6. The molecule has 136 valence electrons. The van der Waals surface area contributed by atoms with E-state index in [2.05, 4.69) is 5.32 Å². The Bertz CT molecular complexity index is 852. The molecule has 2 aromatic carbocycles. The number of hydrogen-bond donors (Lipinski definition) is 2. The van der Waals surface area contributed by atoms with Crippen LogP contribution in [0.4, 0.5) is 0 Å². The molecule has 26 heavy (non-hydrogen) atoms. The van der Waals surface area contributed by atoms with Gasteiger partial charge in [-0.1, -0.05) is 17.7 Å². The lowest BCUT2D eigenvalue weighted by Gasteiger charge is -2.13. The number of nitrogens with one attached hydrogen (secondary N) is 1. The summed E-state index contributed by atoms with van der Waals surface area (Å²) < 4.78 is 10.9. The Morgan fingerprint density at radius 2 is 2.12 bits per heavy atom. The van der Waals surface area contributed by atoms with E-state index in [1.54, 1.807) is 24.3 Å². The van der Waals surface area contributed by atoms with Crippen LogP contribution in [0.15, 0.2) is 36.4 Å². The third-order valence-corrected chi connectivity index (χ3v) is 4.45. The zero-order valence-corrected chi connectivity index (χ0v) is 14.9. The molecule has 0 radical (unpaired) electrons. The quantitative estimate of drug-likeness (QED) is 0.810. The Labute approximate surface area is 155 Å². The number of benzene rings is 2. The highest BCUT2D eigenvalue weighted by Crippen LogP contribution is 2.31. The number of ether oxygens (including phenoxy) is 2. The topological polar surface area (TPSA) is 84.9 Å². The smallest absolute Gasteiger partial charge is 0.335 e. The van der Waals surface area contributed by atoms with Crippen LogP contribution in [0.2, 0.25) is 5.02 Å². The third-order valence-electron chi connectivity index (χ3n) is 4.22. The molecule has 1 atom stereocenters. The summed E-state index contributed by atoms with van der Waals surface area (Å²) in [6, 6.07) is 9.98. The molecule has 7 heteroatoms. The Kier molecular flexibility index (Phi) is 5.32. The number of carboxylic acid groups (broad SMARTS) is 1. The van der Waals surface area contributed by atoms with Crippen LogP contribution in [0.5, 0.6) is 11.5 Å². The molecule has 0 spiro atoms. The normalized spacial score (nSPS) is 15.1. The van der Waals surface area contributed by atoms with Crippen molar-refractivity contribution in [3.05, 3.63) is 58.1 Å². The van der Waals surface area contributed by atoms with E-state index in [-0.39, 0.29) is 11.5 Å². The maximum atomic E-state index is 12.3. The average Bonchev–Trinajstić information content (AvgIpc) is 3.04. The molecule has 3 rings (SSSR count). The first-order valence-electron chi connectivity index (χ1n) is 8.11. The Balaban J connectivity index is 1.55. The maximum Gasteiger partial charge on any atom is 0.335 e. The van der Waals surface area contributed by atoms with Gasteiger partial charge in [-0.15, -0.1) is 0 Å². The van der Waals surface area contributed by atoms with Crippen LogP contribution in [-0.2, 0) is 17.6 Å². The number of halogens is 1. The van der Waals surface area contributed by atoms with Crippen molar-refractivity contribution in [1.82, 2.24) is 5.32 Å². The van der Waals surface area contributed by atoms with E-state index in [0.717, 1.165) is 11.1 Å². The first-order chi connectivity index (χ1) is 12.5. The van der Waals surface area contributed by atoms with Crippen LogP contribution in [0.3, 0.4) is 0 Å². The SMILES string of the molecule is COc1cc(C(=O)O)ccc1CCNC(=O)C1Cc2cc(Cl)ccc2O1. The Hall–Kier alpha value is -2.73. The Morgan fingerprint density at radius 3 is 2.85 bits per heavy atom. The standard InChI is InChI=1S/C19H18ClNO5/c1-25-16-9-12(19(23)24)3-2-11(16)6-7-21-18(22)17-10-13-8-14(20)4-5-15(13)26-17/h2-5,8-9,17H,6-7,10H2,1H3,(H,21,22)(H,23,24). The van der Waals surface area contributed by atoms with Crippen molar-refractivity contribution in [2.75, 3.05) is 13.7 Å². The van der Waals surface area contributed by atoms with Gasteiger partial charge in [0.1, 0.15) is 11.5 Å². The zero-order valence-electron chi connectivity index (χ0n) is 14.1. The molecule has 0 aliphatic carbocycles. The minimum atomic E-state index is -1.01. The molecule has 0 saturated carbocycles. The average molecular weight is 376 g/mol. The second-order valence-corrected chi connectivity index (χ2v) is 6.37. The largest absolute Gasteiger partial charge is 0.496 e. The van der Waals surface area contributed by atoms with Gasteiger partial charge in [0.2, 0.25) is 0 Å². The third kappa shape index (κ3) is 3.91. The van der Waals surface area contributed by atoms with Crippen molar-refractivity contribution in [1.29, 1.82) is 0 Å². The molecular weight excluding hydrogens is 358 g/mol. The maximum absolute atomic E-state index is 12.3. The van der Waals surface area contributed by atoms with E-state index >= 15 is 0 Å². The van der Waals surface area contributed by atoms with Crippen molar-refractivity contribution in [2.45, 2.75) is 18.9 Å². The minimum Gasteiger partial charge on any atom is -0.496 e. The van der Waals surface area contributed by atoms with E-state index < -0.39 is 12.1 Å². The minimum absolute atomic E-state index is 0.158. The van der Waals surface area contributed by atoms with Gasteiger partial charge in [0.05, 0.1) is 12.7 Å². The highest BCUT2D eigenvalue weighted by atomic mass is 35.5. The molecule has 2 aromatic rings. The van der Waals surface area contributed by atoms with Crippen LogP contribution in [0, 0.1) is 0 Å². The number of aromatic carboxylic acids is 1. The molecule has 1 aliphatic rings. The second kappa shape index (κ2) is 7.66. The van der Waals surface area contributed by atoms with Crippen molar-refractivity contribution < 1.29 is 24.2 Å². The van der Waals surface area contributed by atoms with E-state index in [0.29, 0.717) is 35.9 Å². The molecule has 0 saturated heterocycles. The van der Waals surface area contributed by atoms with E-state index in [1.165, 1.54) is 19.2 Å².